The van der Waals surface area contributed by atoms with E-state index in [2.05, 4.69) is 5.32 Å². The van der Waals surface area contributed by atoms with Crippen molar-refractivity contribution >= 4 is 5.69 Å². The Balaban J connectivity index is 1.76. The molecule has 0 bridgehead atoms. The van der Waals surface area contributed by atoms with E-state index >= 15 is 0 Å². The summed E-state index contributed by atoms with van der Waals surface area (Å²) in [6.07, 6.45) is 0. The summed E-state index contributed by atoms with van der Waals surface area (Å²) in [6, 6.07) is 11.5. The molecule has 0 spiro atoms. The predicted molar refractivity (Wildman–Crippen MR) is 78.8 cm³/mol. The molecule has 0 radical (unpaired) electrons. The maximum absolute atomic E-state index is 9.15. The van der Waals surface area contributed by atoms with Crippen molar-refractivity contribution in [1.82, 2.24) is 0 Å². The summed E-state index contributed by atoms with van der Waals surface area (Å²) in [6.45, 7) is 0.885. The van der Waals surface area contributed by atoms with Gasteiger partial charge in [-0.05, 0) is 35.4 Å². The molecule has 1 aliphatic rings. The van der Waals surface area contributed by atoms with Crippen LogP contribution in [-0.4, -0.2) is 19.0 Å². The van der Waals surface area contributed by atoms with Gasteiger partial charge in [0.25, 0.3) is 0 Å². The van der Waals surface area contributed by atoms with Crippen LogP contribution in [0.2, 0.25) is 0 Å². The smallest absolute Gasteiger partial charge is 0.231 e. The highest BCUT2D eigenvalue weighted by Gasteiger charge is 2.19. The van der Waals surface area contributed by atoms with Crippen molar-refractivity contribution in [3.8, 4) is 17.2 Å². The molecular formula is C16H17NO4. The van der Waals surface area contributed by atoms with Crippen LogP contribution in [0.1, 0.15) is 11.1 Å². The fourth-order valence-corrected chi connectivity index (χ4v) is 2.27. The van der Waals surface area contributed by atoms with Gasteiger partial charge in [-0.3, -0.25) is 0 Å². The number of methoxy groups -OCH3 is 1. The predicted octanol–water partition coefficient (Wildman–Crippen LogP) is 2.53. The Bertz CT molecular complexity index is 642. The number of rotatable bonds is 5. The molecule has 110 valence electrons. The van der Waals surface area contributed by atoms with Crippen LogP contribution >= 0.6 is 0 Å². The number of nitrogens with one attached hydrogen (secondary N) is 1. The van der Waals surface area contributed by atoms with Crippen LogP contribution < -0.4 is 19.5 Å². The van der Waals surface area contributed by atoms with Gasteiger partial charge < -0.3 is 24.6 Å². The Morgan fingerprint density at radius 2 is 2.10 bits per heavy atom. The third kappa shape index (κ3) is 2.87. The molecule has 0 aromatic heterocycles. The number of aliphatic hydroxyl groups excluding tert-OH is 1. The lowest BCUT2D eigenvalue weighted by Gasteiger charge is -2.10. The van der Waals surface area contributed by atoms with Gasteiger partial charge in [0.1, 0.15) is 0 Å². The Morgan fingerprint density at radius 1 is 1.19 bits per heavy atom. The first kappa shape index (κ1) is 13.6. The maximum Gasteiger partial charge on any atom is 0.231 e. The number of fused-ring (bicyclic) bond motifs is 1. The number of aliphatic hydroxyl groups is 1. The highest BCUT2D eigenvalue weighted by atomic mass is 16.7. The van der Waals surface area contributed by atoms with Gasteiger partial charge in [-0.25, -0.2) is 0 Å². The van der Waals surface area contributed by atoms with E-state index in [1.165, 1.54) is 0 Å². The second-order valence-electron chi connectivity index (χ2n) is 4.74. The Labute approximate surface area is 123 Å². The minimum atomic E-state index is 0.0351. The summed E-state index contributed by atoms with van der Waals surface area (Å²) in [5.74, 6) is 2.03. The number of anilines is 1. The summed E-state index contributed by atoms with van der Waals surface area (Å²) >= 11 is 0. The highest BCUT2D eigenvalue weighted by Crippen LogP contribution is 2.41. The van der Waals surface area contributed by atoms with Gasteiger partial charge in [-0.15, -0.1) is 0 Å². The van der Waals surface area contributed by atoms with Crippen molar-refractivity contribution in [1.29, 1.82) is 0 Å². The van der Waals surface area contributed by atoms with E-state index in [9.17, 15) is 0 Å². The lowest BCUT2D eigenvalue weighted by atomic mass is 10.1. The molecule has 1 heterocycles. The molecule has 5 heteroatoms. The number of benzene rings is 2. The minimum Gasteiger partial charge on any atom is -0.493 e. The van der Waals surface area contributed by atoms with Crippen LogP contribution in [0.3, 0.4) is 0 Å². The summed E-state index contributed by atoms with van der Waals surface area (Å²) in [5, 5.41) is 12.5. The molecule has 0 atom stereocenters. The molecule has 2 aromatic rings. The molecule has 21 heavy (non-hydrogen) atoms. The van der Waals surface area contributed by atoms with Gasteiger partial charge in [0.2, 0.25) is 12.5 Å². The topological polar surface area (TPSA) is 60.0 Å². The third-order valence-electron chi connectivity index (χ3n) is 3.32. The van der Waals surface area contributed by atoms with Crippen LogP contribution in [0.15, 0.2) is 36.4 Å². The highest BCUT2D eigenvalue weighted by molar-refractivity contribution is 5.56. The summed E-state index contributed by atoms with van der Waals surface area (Å²) in [4.78, 5) is 0. The normalized spacial score (nSPS) is 12.3. The Hall–Kier alpha value is -2.40. The van der Waals surface area contributed by atoms with E-state index in [1.54, 1.807) is 7.11 Å². The third-order valence-corrected chi connectivity index (χ3v) is 3.32. The molecule has 0 saturated heterocycles. The lowest BCUT2D eigenvalue weighted by Crippen LogP contribution is -2.00. The first-order valence-corrected chi connectivity index (χ1v) is 6.70. The van der Waals surface area contributed by atoms with Crippen LogP contribution in [0.5, 0.6) is 17.2 Å². The SMILES string of the molecule is COc1cc(CNc2cccc(CO)c2)cc2c1OCO2. The van der Waals surface area contributed by atoms with Crippen molar-refractivity contribution < 1.29 is 19.3 Å². The van der Waals surface area contributed by atoms with E-state index < -0.39 is 0 Å². The van der Waals surface area contributed by atoms with Gasteiger partial charge in [0.15, 0.2) is 11.5 Å². The molecule has 5 nitrogen and oxygen atoms in total. The van der Waals surface area contributed by atoms with Crippen LogP contribution in [0.25, 0.3) is 0 Å². The number of hydrogen-bond acceptors (Lipinski definition) is 5. The zero-order valence-electron chi connectivity index (χ0n) is 11.8. The molecular weight excluding hydrogens is 270 g/mol. The van der Waals surface area contributed by atoms with Gasteiger partial charge in [0, 0.05) is 12.2 Å². The fraction of sp³-hybridized carbons (Fsp3) is 0.250. The maximum atomic E-state index is 9.15. The molecule has 1 aliphatic heterocycles. The minimum absolute atomic E-state index is 0.0351. The van der Waals surface area contributed by atoms with E-state index in [0.29, 0.717) is 23.8 Å². The number of hydrogen-bond donors (Lipinski definition) is 2. The van der Waals surface area contributed by atoms with Crippen LogP contribution in [0.4, 0.5) is 5.69 Å². The molecule has 0 aliphatic carbocycles. The zero-order chi connectivity index (χ0) is 14.7. The van der Waals surface area contributed by atoms with E-state index in [0.717, 1.165) is 16.8 Å². The van der Waals surface area contributed by atoms with Gasteiger partial charge in [-0.2, -0.15) is 0 Å². The molecule has 3 rings (SSSR count). The average molecular weight is 287 g/mol. The van der Waals surface area contributed by atoms with Crippen molar-refractivity contribution in [2.75, 3.05) is 19.2 Å². The quantitative estimate of drug-likeness (QED) is 0.885. The van der Waals surface area contributed by atoms with Crippen molar-refractivity contribution in [3.05, 3.63) is 47.5 Å². The van der Waals surface area contributed by atoms with Gasteiger partial charge >= 0.3 is 0 Å². The first-order valence-electron chi connectivity index (χ1n) is 6.70. The molecule has 0 fully saturated rings. The van der Waals surface area contributed by atoms with Crippen molar-refractivity contribution in [2.24, 2.45) is 0 Å². The van der Waals surface area contributed by atoms with Crippen molar-refractivity contribution in [3.63, 3.8) is 0 Å². The Kier molecular flexibility index (Phi) is 3.83. The zero-order valence-corrected chi connectivity index (χ0v) is 11.8. The second kappa shape index (κ2) is 5.93. The lowest BCUT2D eigenvalue weighted by molar-refractivity contribution is 0.171. The van der Waals surface area contributed by atoms with Gasteiger partial charge in [0.05, 0.1) is 13.7 Å². The monoisotopic (exact) mass is 287 g/mol. The van der Waals surface area contributed by atoms with Crippen molar-refractivity contribution in [2.45, 2.75) is 13.2 Å². The summed E-state index contributed by atoms with van der Waals surface area (Å²) in [7, 11) is 1.61. The first-order chi connectivity index (χ1) is 10.3. The second-order valence-corrected chi connectivity index (χ2v) is 4.74. The standard InChI is InChI=1S/C16H17NO4/c1-19-14-6-12(7-15-16(14)21-10-20-15)8-17-13-4-2-3-11(5-13)9-18/h2-7,17-18H,8-10H2,1H3. The molecule has 2 N–H and O–H groups in total. The molecule has 2 aromatic carbocycles. The van der Waals surface area contributed by atoms with E-state index in [-0.39, 0.29) is 13.4 Å². The number of ether oxygens (including phenoxy) is 3. The van der Waals surface area contributed by atoms with E-state index in [1.807, 2.05) is 36.4 Å². The molecule has 0 amide bonds. The largest absolute Gasteiger partial charge is 0.493 e. The molecule has 0 saturated carbocycles. The Morgan fingerprint density at radius 3 is 2.90 bits per heavy atom. The van der Waals surface area contributed by atoms with Gasteiger partial charge in [-0.1, -0.05) is 12.1 Å². The molecule has 0 unspecified atom stereocenters. The van der Waals surface area contributed by atoms with Crippen LogP contribution in [-0.2, 0) is 13.2 Å². The fourth-order valence-electron chi connectivity index (χ4n) is 2.27. The average Bonchev–Trinajstić information content (AvgIpc) is 3.00. The van der Waals surface area contributed by atoms with Crippen LogP contribution in [0, 0.1) is 0 Å². The summed E-state index contributed by atoms with van der Waals surface area (Å²) in [5.41, 5.74) is 2.87. The van der Waals surface area contributed by atoms with E-state index in [4.69, 9.17) is 19.3 Å². The summed E-state index contributed by atoms with van der Waals surface area (Å²) < 4.78 is 16.1.